The van der Waals surface area contributed by atoms with Gasteiger partial charge in [-0.25, -0.2) is 9.97 Å². The molecule has 8 nitrogen and oxygen atoms in total. The smallest absolute Gasteiger partial charge is 0.254 e. The van der Waals surface area contributed by atoms with Gasteiger partial charge < -0.3 is 10.3 Å². The Balaban J connectivity index is 1.62. The predicted molar refractivity (Wildman–Crippen MR) is 96.3 cm³/mol. The van der Waals surface area contributed by atoms with E-state index in [-0.39, 0.29) is 24.4 Å². The van der Waals surface area contributed by atoms with Crippen LogP contribution < -0.4 is 10.9 Å². The standard InChI is InChI=1S/C18H20N6O2/c1-3-14-20-11(2)13(18(26)22-14)9-16(25)19-10-15-21-17(24-23-15)12-7-5-4-6-8-12/h4-8H,3,9-10H2,1-2H3,(H,19,25)(H,20,22,26)(H,21,23,24). The number of nitrogens with zero attached hydrogens (tertiary/aromatic N) is 3. The molecule has 0 aliphatic heterocycles. The molecular formula is C18H20N6O2. The maximum absolute atomic E-state index is 12.2. The van der Waals surface area contributed by atoms with Gasteiger partial charge in [0.25, 0.3) is 5.56 Å². The molecule has 3 rings (SSSR count). The lowest BCUT2D eigenvalue weighted by atomic mass is 10.1. The Morgan fingerprint density at radius 1 is 1.15 bits per heavy atom. The summed E-state index contributed by atoms with van der Waals surface area (Å²) in [6.07, 6.45) is 0.607. The van der Waals surface area contributed by atoms with E-state index in [4.69, 9.17) is 0 Å². The van der Waals surface area contributed by atoms with Gasteiger partial charge in [-0.05, 0) is 6.92 Å². The van der Waals surface area contributed by atoms with E-state index in [0.717, 1.165) is 5.56 Å². The van der Waals surface area contributed by atoms with E-state index >= 15 is 0 Å². The summed E-state index contributed by atoms with van der Waals surface area (Å²) in [6.45, 7) is 3.85. The third-order valence-corrected chi connectivity index (χ3v) is 3.96. The third kappa shape index (κ3) is 4.02. The third-order valence-electron chi connectivity index (χ3n) is 3.96. The lowest BCUT2D eigenvalue weighted by molar-refractivity contribution is -0.120. The van der Waals surface area contributed by atoms with E-state index in [1.807, 2.05) is 37.3 Å². The minimum Gasteiger partial charge on any atom is -0.349 e. The van der Waals surface area contributed by atoms with E-state index < -0.39 is 0 Å². The minimum absolute atomic E-state index is 0.0299. The number of H-pyrrole nitrogens is 2. The van der Waals surface area contributed by atoms with Gasteiger partial charge in [-0.15, -0.1) is 0 Å². The number of carbonyl (C=O) groups excluding carboxylic acids is 1. The SMILES string of the molecule is CCc1nc(C)c(CC(=O)NCc2nc(-c3ccccc3)n[nH]2)c(=O)[nH]1. The fourth-order valence-corrected chi connectivity index (χ4v) is 2.54. The van der Waals surface area contributed by atoms with Gasteiger partial charge in [0.1, 0.15) is 11.6 Å². The highest BCUT2D eigenvalue weighted by Crippen LogP contribution is 2.13. The molecule has 134 valence electrons. The molecular weight excluding hydrogens is 332 g/mol. The average molecular weight is 352 g/mol. The largest absolute Gasteiger partial charge is 0.349 e. The highest BCUT2D eigenvalue weighted by molar-refractivity contribution is 5.78. The highest BCUT2D eigenvalue weighted by atomic mass is 16.2. The second-order valence-corrected chi connectivity index (χ2v) is 5.86. The zero-order valence-electron chi connectivity index (χ0n) is 14.7. The number of hydrogen-bond acceptors (Lipinski definition) is 5. The summed E-state index contributed by atoms with van der Waals surface area (Å²) < 4.78 is 0. The molecule has 0 radical (unpaired) electrons. The van der Waals surface area contributed by atoms with Gasteiger partial charge in [-0.3, -0.25) is 14.7 Å². The number of nitrogens with one attached hydrogen (secondary N) is 3. The molecule has 3 N–H and O–H groups in total. The molecule has 8 heteroatoms. The van der Waals surface area contributed by atoms with Crippen molar-refractivity contribution in [1.82, 2.24) is 30.5 Å². The lowest BCUT2D eigenvalue weighted by Crippen LogP contribution is -2.29. The van der Waals surface area contributed by atoms with Gasteiger partial charge in [0.05, 0.1) is 13.0 Å². The molecule has 0 aliphatic carbocycles. The quantitative estimate of drug-likeness (QED) is 0.618. The van der Waals surface area contributed by atoms with E-state index in [0.29, 0.717) is 35.2 Å². The van der Waals surface area contributed by atoms with Crippen molar-refractivity contribution in [2.45, 2.75) is 33.2 Å². The molecule has 26 heavy (non-hydrogen) atoms. The van der Waals surface area contributed by atoms with Gasteiger partial charge in [0.15, 0.2) is 5.82 Å². The van der Waals surface area contributed by atoms with Crippen LogP contribution in [0.2, 0.25) is 0 Å². The minimum atomic E-state index is -0.276. The molecule has 2 heterocycles. The zero-order chi connectivity index (χ0) is 18.5. The first kappa shape index (κ1) is 17.5. The summed E-state index contributed by atoms with van der Waals surface area (Å²) >= 11 is 0. The first-order valence-corrected chi connectivity index (χ1v) is 8.39. The fourth-order valence-electron chi connectivity index (χ4n) is 2.54. The summed E-state index contributed by atoms with van der Waals surface area (Å²) in [5.41, 5.74) is 1.58. The van der Waals surface area contributed by atoms with Crippen LogP contribution in [0.3, 0.4) is 0 Å². The van der Waals surface area contributed by atoms with E-state index in [9.17, 15) is 9.59 Å². The second-order valence-electron chi connectivity index (χ2n) is 5.86. The molecule has 0 saturated carbocycles. The molecule has 3 aromatic rings. The van der Waals surface area contributed by atoms with Gasteiger partial charge >= 0.3 is 0 Å². The Morgan fingerprint density at radius 3 is 2.62 bits per heavy atom. The Labute approximate surface area is 150 Å². The first-order chi connectivity index (χ1) is 12.6. The lowest BCUT2D eigenvalue weighted by Gasteiger charge is -2.06. The second kappa shape index (κ2) is 7.73. The van der Waals surface area contributed by atoms with Crippen LogP contribution in [-0.2, 0) is 24.2 Å². The summed E-state index contributed by atoms with van der Waals surface area (Å²) in [5, 5.41) is 9.69. The van der Waals surface area contributed by atoms with Crippen molar-refractivity contribution in [2.75, 3.05) is 0 Å². The topological polar surface area (TPSA) is 116 Å². The van der Waals surface area contributed by atoms with Crippen LogP contribution in [0.25, 0.3) is 11.4 Å². The van der Waals surface area contributed by atoms with Crippen molar-refractivity contribution in [3.05, 3.63) is 63.6 Å². The molecule has 1 amide bonds. The Morgan fingerprint density at radius 2 is 1.92 bits per heavy atom. The molecule has 0 fully saturated rings. The normalized spacial score (nSPS) is 10.7. The van der Waals surface area contributed by atoms with Crippen LogP contribution in [0.4, 0.5) is 0 Å². The highest BCUT2D eigenvalue weighted by Gasteiger charge is 2.13. The molecule has 0 saturated heterocycles. The van der Waals surface area contributed by atoms with Gasteiger partial charge in [0.2, 0.25) is 5.91 Å². The van der Waals surface area contributed by atoms with Crippen molar-refractivity contribution in [2.24, 2.45) is 0 Å². The van der Waals surface area contributed by atoms with Crippen LogP contribution in [0.15, 0.2) is 35.1 Å². The van der Waals surface area contributed by atoms with Gasteiger partial charge in [-0.1, -0.05) is 37.3 Å². The van der Waals surface area contributed by atoms with E-state index in [1.165, 1.54) is 0 Å². The monoisotopic (exact) mass is 352 g/mol. The van der Waals surface area contributed by atoms with Gasteiger partial charge in [0, 0.05) is 23.2 Å². The van der Waals surface area contributed by atoms with E-state index in [1.54, 1.807) is 6.92 Å². The number of aromatic nitrogens is 5. The zero-order valence-corrected chi connectivity index (χ0v) is 14.7. The number of carbonyl (C=O) groups is 1. The molecule has 0 spiro atoms. The number of amides is 1. The Hall–Kier alpha value is -3.29. The predicted octanol–water partition coefficient (Wildman–Crippen LogP) is 1.28. The van der Waals surface area contributed by atoms with E-state index in [2.05, 4.69) is 30.5 Å². The van der Waals surface area contributed by atoms with Crippen LogP contribution in [0, 0.1) is 6.92 Å². The number of rotatable bonds is 6. The van der Waals surface area contributed by atoms with Crippen molar-refractivity contribution < 1.29 is 4.79 Å². The summed E-state index contributed by atoms with van der Waals surface area (Å²) in [7, 11) is 0. The molecule has 0 bridgehead atoms. The number of aryl methyl sites for hydroxylation is 2. The fraction of sp³-hybridized carbons (Fsp3) is 0.278. The Bertz CT molecular complexity index is 961. The maximum Gasteiger partial charge on any atom is 0.254 e. The molecule has 0 unspecified atom stereocenters. The number of benzene rings is 1. The van der Waals surface area contributed by atoms with Crippen molar-refractivity contribution in [3.8, 4) is 11.4 Å². The van der Waals surface area contributed by atoms with Crippen LogP contribution in [0.1, 0.15) is 29.8 Å². The number of hydrogen-bond donors (Lipinski definition) is 3. The van der Waals surface area contributed by atoms with Crippen molar-refractivity contribution in [3.63, 3.8) is 0 Å². The van der Waals surface area contributed by atoms with Crippen molar-refractivity contribution in [1.29, 1.82) is 0 Å². The van der Waals surface area contributed by atoms with Crippen LogP contribution in [0.5, 0.6) is 0 Å². The summed E-state index contributed by atoms with van der Waals surface area (Å²) in [5.74, 6) is 1.46. The summed E-state index contributed by atoms with van der Waals surface area (Å²) in [4.78, 5) is 35.6. The first-order valence-electron chi connectivity index (χ1n) is 8.39. The molecule has 1 aromatic carbocycles. The van der Waals surface area contributed by atoms with Crippen LogP contribution >= 0.6 is 0 Å². The summed E-state index contributed by atoms with van der Waals surface area (Å²) in [6, 6.07) is 9.56. The van der Waals surface area contributed by atoms with Crippen molar-refractivity contribution >= 4 is 5.91 Å². The van der Waals surface area contributed by atoms with Crippen LogP contribution in [-0.4, -0.2) is 31.1 Å². The maximum atomic E-state index is 12.2. The Kier molecular flexibility index (Phi) is 5.21. The molecule has 0 atom stereocenters. The molecule has 0 aliphatic rings. The molecule has 2 aromatic heterocycles. The number of aromatic amines is 2. The van der Waals surface area contributed by atoms with Gasteiger partial charge in [-0.2, -0.15) is 5.10 Å². The average Bonchev–Trinajstić information content (AvgIpc) is 3.12.